The first kappa shape index (κ1) is 24.8. The lowest BCUT2D eigenvalue weighted by molar-refractivity contribution is -0.355. The Kier molecular flexibility index (Phi) is 14.4. The van der Waals surface area contributed by atoms with Crippen LogP contribution in [0.4, 0.5) is 0 Å². The molecule has 0 aromatic carbocycles. The van der Waals surface area contributed by atoms with Crippen LogP contribution in [0.5, 0.6) is 0 Å². The summed E-state index contributed by atoms with van der Waals surface area (Å²) in [5.41, 5.74) is 0. The lowest BCUT2D eigenvalue weighted by Gasteiger charge is -2.28. The Labute approximate surface area is 166 Å². The van der Waals surface area contributed by atoms with Crippen LogP contribution in [0.25, 0.3) is 0 Å². The normalized spacial score (nSPS) is 18.0. The van der Waals surface area contributed by atoms with Crippen LogP contribution in [0.15, 0.2) is 0 Å². The van der Waals surface area contributed by atoms with Crippen molar-refractivity contribution >= 4 is 0 Å². The van der Waals surface area contributed by atoms with Crippen LogP contribution >= 0.6 is 0 Å². The molecule has 0 aromatic heterocycles. The van der Waals surface area contributed by atoms with Crippen molar-refractivity contribution in [3.05, 3.63) is 0 Å². The molecule has 0 aromatic rings. The van der Waals surface area contributed by atoms with Crippen molar-refractivity contribution in [2.24, 2.45) is 0 Å². The Morgan fingerprint density at radius 2 is 1.48 bits per heavy atom. The zero-order valence-electron chi connectivity index (χ0n) is 18.0. The summed E-state index contributed by atoms with van der Waals surface area (Å²) in [6.07, 6.45) is 12.0. The molecule has 0 bridgehead atoms. The van der Waals surface area contributed by atoms with Crippen molar-refractivity contribution in [2.75, 3.05) is 47.8 Å². The number of hydrogen-bond acceptors (Lipinski definition) is 6. The minimum Gasteiger partial charge on any atom is -0.379 e. The number of epoxide rings is 1. The Bertz CT molecular complexity index is 322. The number of methoxy groups -OCH3 is 3. The fraction of sp³-hybridized carbons (Fsp3) is 1.00. The standard InChI is InChI=1S/C21H42O6/c1-5-26-19(14-12-16-25-17-20-18-27-20)13-10-8-6-7-9-11-15-21(22-2,23-3)24-4/h19-20H,5-18H2,1-4H3. The quantitative estimate of drug-likeness (QED) is 0.175. The molecule has 0 radical (unpaired) electrons. The zero-order chi connectivity index (χ0) is 19.8. The molecule has 1 fully saturated rings. The van der Waals surface area contributed by atoms with E-state index in [4.69, 9.17) is 28.4 Å². The fourth-order valence-electron chi connectivity index (χ4n) is 3.32. The third-order valence-electron chi connectivity index (χ3n) is 5.12. The Morgan fingerprint density at radius 3 is 2.07 bits per heavy atom. The molecule has 1 aliphatic heterocycles. The van der Waals surface area contributed by atoms with Gasteiger partial charge in [-0.25, -0.2) is 0 Å². The Balaban J connectivity index is 1.96. The van der Waals surface area contributed by atoms with Gasteiger partial charge in [0.1, 0.15) is 6.10 Å². The third-order valence-corrected chi connectivity index (χ3v) is 5.12. The molecule has 6 nitrogen and oxygen atoms in total. The van der Waals surface area contributed by atoms with Gasteiger partial charge in [-0.15, -0.1) is 0 Å². The van der Waals surface area contributed by atoms with E-state index in [1.165, 1.54) is 32.1 Å². The van der Waals surface area contributed by atoms with Gasteiger partial charge in [0.15, 0.2) is 0 Å². The van der Waals surface area contributed by atoms with E-state index < -0.39 is 5.97 Å². The van der Waals surface area contributed by atoms with Gasteiger partial charge in [0.25, 0.3) is 5.97 Å². The van der Waals surface area contributed by atoms with Crippen LogP contribution in [0.3, 0.4) is 0 Å². The summed E-state index contributed by atoms with van der Waals surface area (Å²) in [6, 6.07) is 0. The van der Waals surface area contributed by atoms with E-state index in [1.54, 1.807) is 21.3 Å². The summed E-state index contributed by atoms with van der Waals surface area (Å²) >= 11 is 0. The average molecular weight is 391 g/mol. The molecule has 0 saturated carbocycles. The highest BCUT2D eigenvalue weighted by Gasteiger charge is 2.28. The van der Waals surface area contributed by atoms with Crippen molar-refractivity contribution in [3.63, 3.8) is 0 Å². The van der Waals surface area contributed by atoms with Crippen molar-refractivity contribution in [2.45, 2.75) is 89.3 Å². The van der Waals surface area contributed by atoms with E-state index in [-0.39, 0.29) is 0 Å². The van der Waals surface area contributed by atoms with Gasteiger partial charge >= 0.3 is 0 Å². The molecule has 6 heteroatoms. The second-order valence-electron chi connectivity index (χ2n) is 7.21. The highest BCUT2D eigenvalue weighted by molar-refractivity contribution is 4.67. The van der Waals surface area contributed by atoms with E-state index in [0.29, 0.717) is 12.2 Å². The summed E-state index contributed by atoms with van der Waals surface area (Å²) in [4.78, 5) is 0. The maximum Gasteiger partial charge on any atom is 0.282 e. The van der Waals surface area contributed by atoms with Crippen LogP contribution in [-0.2, 0) is 28.4 Å². The van der Waals surface area contributed by atoms with Crippen LogP contribution in [0, 0.1) is 0 Å². The Hall–Kier alpha value is -0.240. The van der Waals surface area contributed by atoms with E-state index in [9.17, 15) is 0 Å². The second-order valence-corrected chi connectivity index (χ2v) is 7.21. The minimum absolute atomic E-state index is 0.364. The van der Waals surface area contributed by atoms with E-state index in [2.05, 4.69) is 6.92 Å². The minimum atomic E-state index is -0.875. The zero-order valence-corrected chi connectivity index (χ0v) is 18.0. The molecular weight excluding hydrogens is 348 g/mol. The molecule has 1 aliphatic rings. The van der Waals surface area contributed by atoms with Gasteiger partial charge in [0.2, 0.25) is 0 Å². The van der Waals surface area contributed by atoms with Crippen molar-refractivity contribution < 1.29 is 28.4 Å². The highest BCUT2D eigenvalue weighted by Crippen LogP contribution is 2.21. The summed E-state index contributed by atoms with van der Waals surface area (Å²) in [7, 11) is 4.86. The van der Waals surface area contributed by atoms with Crippen LogP contribution in [0.1, 0.15) is 71.1 Å². The van der Waals surface area contributed by atoms with E-state index >= 15 is 0 Å². The van der Waals surface area contributed by atoms with Crippen LogP contribution < -0.4 is 0 Å². The van der Waals surface area contributed by atoms with Crippen LogP contribution in [-0.4, -0.2) is 65.9 Å². The maximum absolute atomic E-state index is 5.88. The fourth-order valence-corrected chi connectivity index (χ4v) is 3.32. The lowest BCUT2D eigenvalue weighted by atomic mass is 10.0. The van der Waals surface area contributed by atoms with Gasteiger partial charge in [-0.3, -0.25) is 0 Å². The molecular formula is C21H42O6. The average Bonchev–Trinajstić information content (AvgIpc) is 3.51. The van der Waals surface area contributed by atoms with Gasteiger partial charge in [-0.2, -0.15) is 0 Å². The molecule has 2 atom stereocenters. The Morgan fingerprint density at radius 1 is 0.889 bits per heavy atom. The predicted octanol–water partition coefficient (Wildman–Crippen LogP) is 4.30. The van der Waals surface area contributed by atoms with Gasteiger partial charge in [-0.1, -0.05) is 32.1 Å². The number of rotatable bonds is 20. The first-order valence-electron chi connectivity index (χ1n) is 10.7. The first-order chi connectivity index (χ1) is 13.2. The smallest absolute Gasteiger partial charge is 0.282 e. The molecule has 162 valence electrons. The van der Waals surface area contributed by atoms with Gasteiger partial charge < -0.3 is 28.4 Å². The van der Waals surface area contributed by atoms with Crippen molar-refractivity contribution in [1.29, 1.82) is 0 Å². The van der Waals surface area contributed by atoms with E-state index in [0.717, 1.165) is 58.5 Å². The number of unbranched alkanes of at least 4 members (excludes halogenated alkanes) is 5. The molecule has 0 amide bonds. The predicted molar refractivity (Wildman–Crippen MR) is 106 cm³/mol. The van der Waals surface area contributed by atoms with Crippen molar-refractivity contribution in [1.82, 2.24) is 0 Å². The van der Waals surface area contributed by atoms with E-state index in [1.807, 2.05) is 0 Å². The highest BCUT2D eigenvalue weighted by atomic mass is 16.9. The molecule has 0 N–H and O–H groups in total. The lowest BCUT2D eigenvalue weighted by Crippen LogP contribution is -2.35. The monoisotopic (exact) mass is 390 g/mol. The topological polar surface area (TPSA) is 58.7 Å². The molecule has 0 spiro atoms. The maximum atomic E-state index is 5.88. The van der Waals surface area contributed by atoms with Gasteiger partial charge in [0.05, 0.1) is 19.3 Å². The van der Waals surface area contributed by atoms with Crippen LogP contribution in [0.2, 0.25) is 0 Å². The summed E-state index contributed by atoms with van der Waals surface area (Å²) in [5.74, 6) is -0.875. The molecule has 27 heavy (non-hydrogen) atoms. The molecule has 1 rings (SSSR count). The molecule has 1 saturated heterocycles. The molecule has 2 unspecified atom stereocenters. The number of hydrogen-bond donors (Lipinski definition) is 0. The second kappa shape index (κ2) is 15.7. The molecule has 1 heterocycles. The van der Waals surface area contributed by atoms with Crippen molar-refractivity contribution in [3.8, 4) is 0 Å². The first-order valence-corrected chi connectivity index (χ1v) is 10.7. The largest absolute Gasteiger partial charge is 0.379 e. The summed E-state index contributed by atoms with van der Waals surface area (Å²) < 4.78 is 32.6. The summed E-state index contributed by atoms with van der Waals surface area (Å²) in [5, 5.41) is 0. The SMILES string of the molecule is CCOC(CCCCCCCCC(OC)(OC)OC)CCCOCC1CO1. The molecule has 0 aliphatic carbocycles. The third kappa shape index (κ3) is 12.0. The van der Waals surface area contributed by atoms with Gasteiger partial charge in [0, 0.05) is 41.0 Å². The van der Waals surface area contributed by atoms with Gasteiger partial charge in [-0.05, 0) is 32.6 Å². The summed E-state index contributed by atoms with van der Waals surface area (Å²) in [6.45, 7) is 5.30. The number of ether oxygens (including phenoxy) is 6.